The number of aryl methyl sites for hydroxylation is 1. The minimum Gasteiger partial charge on any atom is -0.507 e. The fourth-order valence-corrected chi connectivity index (χ4v) is 4.88. The van der Waals surface area contributed by atoms with Crippen LogP contribution in [0.2, 0.25) is 0 Å². The molecule has 1 aliphatic rings. The SMILES string of the molecule is CCOC(=O)C1CCN(C(c2cccc(F)c2)c2c(O)cc(C)n(Cc3ccccc3)c2=O)CC1. The lowest BCUT2D eigenvalue weighted by atomic mass is 9.91. The Morgan fingerprint density at radius 2 is 1.83 bits per heavy atom. The van der Waals surface area contributed by atoms with Gasteiger partial charge >= 0.3 is 5.97 Å². The number of carbonyl (C=O) groups is 1. The van der Waals surface area contributed by atoms with Crippen LogP contribution in [0.5, 0.6) is 5.75 Å². The van der Waals surface area contributed by atoms with Gasteiger partial charge in [0.15, 0.2) is 0 Å². The van der Waals surface area contributed by atoms with Crippen molar-refractivity contribution < 1.29 is 19.0 Å². The van der Waals surface area contributed by atoms with E-state index in [1.165, 1.54) is 12.1 Å². The van der Waals surface area contributed by atoms with Gasteiger partial charge in [-0.3, -0.25) is 14.5 Å². The molecule has 0 bridgehead atoms. The summed E-state index contributed by atoms with van der Waals surface area (Å²) in [6, 6.07) is 16.7. The third-order valence-corrected chi connectivity index (χ3v) is 6.66. The number of likely N-dealkylation sites (tertiary alicyclic amines) is 1. The fraction of sp³-hybridized carbons (Fsp3) is 0.357. The minimum atomic E-state index is -0.649. The van der Waals surface area contributed by atoms with Crippen LogP contribution in [-0.2, 0) is 16.1 Å². The molecule has 1 N–H and O–H groups in total. The zero-order valence-corrected chi connectivity index (χ0v) is 20.1. The molecule has 1 aromatic heterocycles. The van der Waals surface area contributed by atoms with E-state index in [0.29, 0.717) is 50.3 Å². The number of nitrogens with zero attached hydrogens (tertiary/aromatic N) is 2. The molecule has 0 amide bonds. The van der Waals surface area contributed by atoms with Crippen molar-refractivity contribution in [3.63, 3.8) is 0 Å². The number of piperidine rings is 1. The van der Waals surface area contributed by atoms with Crippen LogP contribution in [0.4, 0.5) is 4.39 Å². The molecule has 0 saturated carbocycles. The van der Waals surface area contributed by atoms with E-state index < -0.39 is 11.9 Å². The highest BCUT2D eigenvalue weighted by Crippen LogP contribution is 2.35. The van der Waals surface area contributed by atoms with E-state index in [4.69, 9.17) is 4.74 Å². The highest BCUT2D eigenvalue weighted by molar-refractivity contribution is 5.72. The summed E-state index contributed by atoms with van der Waals surface area (Å²) >= 11 is 0. The van der Waals surface area contributed by atoms with E-state index >= 15 is 0 Å². The summed E-state index contributed by atoms with van der Waals surface area (Å²) in [5.41, 5.74) is 2.09. The second kappa shape index (κ2) is 10.9. The van der Waals surface area contributed by atoms with Crippen molar-refractivity contribution in [2.24, 2.45) is 5.92 Å². The summed E-state index contributed by atoms with van der Waals surface area (Å²) in [5.74, 6) is -0.942. The standard InChI is InChI=1S/C28H31FN2O4/c1-3-35-28(34)21-12-14-30(15-13-21)26(22-10-7-11-23(29)17-22)25-24(32)16-19(2)31(27(25)33)18-20-8-5-4-6-9-20/h4-11,16-17,21,26,32H,3,12-15,18H2,1-2H3. The highest BCUT2D eigenvalue weighted by atomic mass is 19.1. The Balaban J connectivity index is 1.75. The van der Waals surface area contributed by atoms with E-state index in [1.54, 1.807) is 36.6 Å². The Hall–Kier alpha value is -3.45. The zero-order valence-electron chi connectivity index (χ0n) is 20.1. The molecule has 4 rings (SSSR count). The molecular weight excluding hydrogens is 447 g/mol. The number of rotatable bonds is 7. The molecule has 184 valence electrons. The smallest absolute Gasteiger partial charge is 0.309 e. The van der Waals surface area contributed by atoms with Gasteiger partial charge in [0, 0.05) is 5.69 Å². The summed E-state index contributed by atoms with van der Waals surface area (Å²) in [4.78, 5) is 28.1. The largest absolute Gasteiger partial charge is 0.507 e. The van der Waals surface area contributed by atoms with Crippen LogP contribution in [-0.4, -0.2) is 40.2 Å². The molecule has 1 atom stereocenters. The Kier molecular flexibility index (Phi) is 7.66. The number of hydrogen-bond acceptors (Lipinski definition) is 5. The lowest BCUT2D eigenvalue weighted by Gasteiger charge is -2.37. The van der Waals surface area contributed by atoms with Crippen molar-refractivity contribution in [2.75, 3.05) is 19.7 Å². The highest BCUT2D eigenvalue weighted by Gasteiger charge is 2.34. The van der Waals surface area contributed by atoms with Gasteiger partial charge < -0.3 is 14.4 Å². The van der Waals surface area contributed by atoms with Crippen LogP contribution in [0.3, 0.4) is 0 Å². The number of benzene rings is 2. The predicted molar refractivity (Wildman–Crippen MR) is 132 cm³/mol. The van der Waals surface area contributed by atoms with E-state index in [9.17, 15) is 19.1 Å². The zero-order chi connectivity index (χ0) is 24.9. The average Bonchev–Trinajstić information content (AvgIpc) is 2.85. The maximum absolute atomic E-state index is 14.3. The van der Waals surface area contributed by atoms with Crippen LogP contribution < -0.4 is 5.56 Å². The van der Waals surface area contributed by atoms with Crippen molar-refractivity contribution in [3.05, 3.63) is 99.2 Å². The quantitative estimate of drug-likeness (QED) is 0.509. The van der Waals surface area contributed by atoms with Crippen LogP contribution in [0.1, 0.15) is 48.2 Å². The van der Waals surface area contributed by atoms with Gasteiger partial charge in [-0.25, -0.2) is 4.39 Å². The van der Waals surface area contributed by atoms with Crippen LogP contribution in [0.15, 0.2) is 65.5 Å². The maximum Gasteiger partial charge on any atom is 0.309 e. The number of ether oxygens (including phenoxy) is 1. The van der Waals surface area contributed by atoms with E-state index in [-0.39, 0.29) is 28.8 Å². The molecular formula is C28H31FN2O4. The van der Waals surface area contributed by atoms with Crippen molar-refractivity contribution in [1.29, 1.82) is 0 Å². The summed E-state index contributed by atoms with van der Waals surface area (Å²) < 4.78 is 21.1. The summed E-state index contributed by atoms with van der Waals surface area (Å²) in [5, 5.41) is 11.0. The van der Waals surface area contributed by atoms with Gasteiger partial charge in [-0.15, -0.1) is 0 Å². The minimum absolute atomic E-state index is 0.112. The normalized spacial score (nSPS) is 15.6. The Morgan fingerprint density at radius 3 is 2.49 bits per heavy atom. The van der Waals surface area contributed by atoms with Gasteiger partial charge in [0.2, 0.25) is 0 Å². The molecule has 1 unspecified atom stereocenters. The second-order valence-electron chi connectivity index (χ2n) is 8.98. The van der Waals surface area contributed by atoms with E-state index in [2.05, 4.69) is 0 Å². The molecule has 0 radical (unpaired) electrons. The maximum atomic E-state index is 14.3. The first kappa shape index (κ1) is 24.7. The first-order chi connectivity index (χ1) is 16.9. The lowest BCUT2D eigenvalue weighted by molar-refractivity contribution is -0.149. The predicted octanol–water partition coefficient (Wildman–Crippen LogP) is 4.41. The molecule has 6 nitrogen and oxygen atoms in total. The number of pyridine rings is 1. The van der Waals surface area contributed by atoms with Crippen molar-refractivity contribution in [1.82, 2.24) is 9.47 Å². The molecule has 3 aromatic rings. The number of hydrogen-bond donors (Lipinski definition) is 1. The number of aromatic hydroxyl groups is 1. The molecule has 2 aromatic carbocycles. The third-order valence-electron chi connectivity index (χ3n) is 6.66. The van der Waals surface area contributed by atoms with E-state index in [0.717, 1.165) is 5.56 Å². The molecule has 2 heterocycles. The fourth-order valence-electron chi connectivity index (χ4n) is 4.88. The number of halogens is 1. The number of esters is 1. The first-order valence-corrected chi connectivity index (χ1v) is 12.0. The lowest BCUT2D eigenvalue weighted by Crippen LogP contribution is -2.42. The first-order valence-electron chi connectivity index (χ1n) is 12.0. The van der Waals surface area contributed by atoms with Gasteiger partial charge in [0.1, 0.15) is 11.6 Å². The molecule has 7 heteroatoms. The molecule has 1 aliphatic heterocycles. The molecule has 35 heavy (non-hydrogen) atoms. The third kappa shape index (κ3) is 5.46. The van der Waals surface area contributed by atoms with Gasteiger partial charge in [-0.05, 0) is 69.1 Å². The average molecular weight is 479 g/mol. The number of aromatic nitrogens is 1. The monoisotopic (exact) mass is 478 g/mol. The Bertz CT molecular complexity index is 1230. The summed E-state index contributed by atoms with van der Waals surface area (Å²) in [6.45, 7) is 5.29. The molecule has 0 spiro atoms. The summed E-state index contributed by atoms with van der Waals surface area (Å²) in [6.07, 6.45) is 1.13. The van der Waals surface area contributed by atoms with Crippen molar-refractivity contribution >= 4 is 5.97 Å². The molecule has 0 aliphatic carbocycles. The van der Waals surface area contributed by atoms with Gasteiger partial charge in [-0.1, -0.05) is 42.5 Å². The summed E-state index contributed by atoms with van der Waals surface area (Å²) in [7, 11) is 0. The Labute approximate surface area is 204 Å². The molecule has 1 saturated heterocycles. The van der Waals surface area contributed by atoms with Gasteiger partial charge in [0.05, 0.1) is 30.7 Å². The van der Waals surface area contributed by atoms with Gasteiger partial charge in [-0.2, -0.15) is 0 Å². The van der Waals surface area contributed by atoms with Crippen molar-refractivity contribution in [2.45, 2.75) is 39.3 Å². The van der Waals surface area contributed by atoms with Gasteiger partial charge in [0.25, 0.3) is 5.56 Å². The molecule has 1 fully saturated rings. The van der Waals surface area contributed by atoms with Crippen LogP contribution in [0, 0.1) is 18.7 Å². The number of carbonyl (C=O) groups excluding carboxylic acids is 1. The Morgan fingerprint density at radius 1 is 1.11 bits per heavy atom. The topological polar surface area (TPSA) is 71.8 Å². The van der Waals surface area contributed by atoms with Crippen LogP contribution in [0.25, 0.3) is 0 Å². The van der Waals surface area contributed by atoms with Crippen LogP contribution >= 0.6 is 0 Å². The second-order valence-corrected chi connectivity index (χ2v) is 8.98. The van der Waals surface area contributed by atoms with Crippen molar-refractivity contribution in [3.8, 4) is 5.75 Å². The van der Waals surface area contributed by atoms with E-state index in [1.807, 2.05) is 35.2 Å².